The molecular formula is C32H33ClN8O4S. The summed E-state index contributed by atoms with van der Waals surface area (Å²) in [5, 5.41) is 6.31. The van der Waals surface area contributed by atoms with Crippen molar-refractivity contribution in [1.29, 1.82) is 0 Å². The molecule has 2 aromatic heterocycles. The molecule has 0 saturated carbocycles. The van der Waals surface area contributed by atoms with Gasteiger partial charge in [0.25, 0.3) is 5.91 Å². The molecule has 6 rings (SSSR count). The zero-order chi connectivity index (χ0) is 32.4. The number of hydrogen-bond donors (Lipinski definition) is 2. The van der Waals surface area contributed by atoms with Gasteiger partial charge < -0.3 is 10.6 Å². The van der Waals surface area contributed by atoms with E-state index in [4.69, 9.17) is 11.6 Å². The first-order chi connectivity index (χ1) is 22.2. The van der Waals surface area contributed by atoms with Crippen LogP contribution in [-0.2, 0) is 31.8 Å². The molecule has 2 N–H and O–H groups in total. The number of hydrogen-bond acceptors (Lipinski definition) is 7. The molecule has 0 spiro atoms. The molecule has 0 bridgehead atoms. The molecule has 238 valence electrons. The Morgan fingerprint density at radius 2 is 1.76 bits per heavy atom. The molecule has 14 heteroatoms. The van der Waals surface area contributed by atoms with E-state index in [0.29, 0.717) is 54.0 Å². The lowest BCUT2D eigenvalue weighted by atomic mass is 10.0. The average molecular weight is 661 g/mol. The molecule has 2 aromatic carbocycles. The van der Waals surface area contributed by atoms with E-state index in [1.54, 1.807) is 27.3 Å². The van der Waals surface area contributed by atoms with Crippen molar-refractivity contribution in [3.63, 3.8) is 0 Å². The number of anilines is 2. The van der Waals surface area contributed by atoms with Gasteiger partial charge in [0.1, 0.15) is 34.4 Å². The van der Waals surface area contributed by atoms with Gasteiger partial charge >= 0.3 is 0 Å². The number of nitrogens with zero attached hydrogens (tertiary/aromatic N) is 6. The normalized spacial score (nSPS) is 18.4. The number of carbonyl (C=O) groups is 3. The van der Waals surface area contributed by atoms with E-state index in [-0.39, 0.29) is 24.3 Å². The van der Waals surface area contributed by atoms with Crippen molar-refractivity contribution >= 4 is 51.9 Å². The summed E-state index contributed by atoms with van der Waals surface area (Å²) in [4.78, 5) is 52.8. The molecule has 2 aliphatic rings. The predicted molar refractivity (Wildman–Crippen MR) is 174 cm³/mol. The van der Waals surface area contributed by atoms with Crippen LogP contribution in [0.1, 0.15) is 36.9 Å². The smallest absolute Gasteiger partial charge is 0.257 e. The molecule has 46 heavy (non-hydrogen) atoms. The van der Waals surface area contributed by atoms with Gasteiger partial charge in [-0.05, 0) is 54.7 Å². The van der Waals surface area contributed by atoms with E-state index in [2.05, 4.69) is 25.6 Å². The Labute approximate surface area is 273 Å². The number of amides is 3. The summed E-state index contributed by atoms with van der Waals surface area (Å²) in [5.41, 5.74) is 4.17. The highest BCUT2D eigenvalue weighted by Gasteiger charge is 2.44. The minimum absolute atomic E-state index is 0.180. The van der Waals surface area contributed by atoms with Crippen molar-refractivity contribution in [3.05, 3.63) is 83.5 Å². The molecular weight excluding hydrogens is 628 g/mol. The lowest BCUT2D eigenvalue weighted by Gasteiger charge is -2.23. The lowest BCUT2D eigenvalue weighted by Crippen LogP contribution is -2.46. The largest absolute Gasteiger partial charge is 0.355 e. The second-order valence-corrected chi connectivity index (χ2v) is 13.1. The summed E-state index contributed by atoms with van der Waals surface area (Å²) in [6.45, 7) is 4.31. The maximum atomic E-state index is 14.2. The Hall–Kier alpha value is -4.46. The number of aromatic nitrogens is 4. The quantitative estimate of drug-likeness (QED) is 0.248. The Bertz CT molecular complexity index is 1780. The van der Waals surface area contributed by atoms with E-state index in [0.717, 1.165) is 22.3 Å². The maximum absolute atomic E-state index is 14.2. The number of rotatable bonds is 10. The second-order valence-electron chi connectivity index (χ2n) is 11.3. The van der Waals surface area contributed by atoms with Crippen LogP contribution in [0.2, 0.25) is 5.02 Å². The van der Waals surface area contributed by atoms with Crippen molar-refractivity contribution in [1.82, 2.24) is 34.5 Å². The topological polar surface area (TPSA) is 142 Å². The number of imidazole rings is 1. The Morgan fingerprint density at radius 1 is 1.02 bits per heavy atom. The van der Waals surface area contributed by atoms with Gasteiger partial charge in [-0.25, -0.2) is 28.4 Å². The number of halogens is 1. The fourth-order valence-corrected chi connectivity index (χ4v) is 7.69. The van der Waals surface area contributed by atoms with Crippen LogP contribution in [-0.4, -0.2) is 71.4 Å². The summed E-state index contributed by atoms with van der Waals surface area (Å²) >= 11 is 6.40. The van der Waals surface area contributed by atoms with E-state index in [1.807, 2.05) is 43.3 Å². The van der Waals surface area contributed by atoms with E-state index in [9.17, 15) is 18.6 Å². The highest BCUT2D eigenvalue weighted by Crippen LogP contribution is 2.41. The number of benzene rings is 2. The molecule has 0 aliphatic carbocycles. The molecule has 4 aromatic rings. The fraction of sp³-hybridized carbons (Fsp3) is 0.312. The lowest BCUT2D eigenvalue weighted by molar-refractivity contribution is -0.124. The third kappa shape index (κ3) is 6.43. The SMILES string of the molecule is CC(=O)NCCNC(=O)[C@@H]1CCCN1S(=O)c1cnc2n1C(Cc1ccc(-c3cncnc3)cc1)C(=O)N2c1cc(C)cc(Cl)c1. The zero-order valence-electron chi connectivity index (χ0n) is 25.4. The summed E-state index contributed by atoms with van der Waals surface area (Å²) in [6, 6.07) is 11.8. The van der Waals surface area contributed by atoms with Gasteiger partial charge in [0.05, 0.1) is 11.9 Å². The van der Waals surface area contributed by atoms with E-state index < -0.39 is 23.1 Å². The van der Waals surface area contributed by atoms with Crippen LogP contribution in [0.15, 0.2) is 72.4 Å². The maximum Gasteiger partial charge on any atom is 0.257 e. The minimum atomic E-state index is -1.79. The first-order valence-electron chi connectivity index (χ1n) is 14.9. The highest BCUT2D eigenvalue weighted by molar-refractivity contribution is 7.82. The van der Waals surface area contributed by atoms with Crippen LogP contribution in [0.5, 0.6) is 0 Å². The van der Waals surface area contributed by atoms with Crippen LogP contribution < -0.4 is 15.5 Å². The summed E-state index contributed by atoms with van der Waals surface area (Å²) in [7, 11) is -1.79. The predicted octanol–water partition coefficient (Wildman–Crippen LogP) is 3.50. The number of aryl methyl sites for hydroxylation is 1. The first-order valence-corrected chi connectivity index (χ1v) is 16.4. The second kappa shape index (κ2) is 13.5. The first kappa shape index (κ1) is 31.5. The van der Waals surface area contributed by atoms with Gasteiger partial charge in [-0.1, -0.05) is 35.9 Å². The van der Waals surface area contributed by atoms with Gasteiger partial charge in [0.2, 0.25) is 17.8 Å². The van der Waals surface area contributed by atoms with Gasteiger partial charge in [-0.3, -0.25) is 19.0 Å². The van der Waals surface area contributed by atoms with Crippen LogP contribution in [0.4, 0.5) is 11.6 Å². The van der Waals surface area contributed by atoms with E-state index in [1.165, 1.54) is 24.3 Å². The van der Waals surface area contributed by atoms with Crippen molar-refractivity contribution in [2.75, 3.05) is 24.5 Å². The van der Waals surface area contributed by atoms with Crippen LogP contribution in [0.3, 0.4) is 0 Å². The summed E-state index contributed by atoms with van der Waals surface area (Å²) in [6.07, 6.45) is 8.02. The van der Waals surface area contributed by atoms with Gasteiger partial charge in [0.15, 0.2) is 0 Å². The molecule has 3 atom stereocenters. The van der Waals surface area contributed by atoms with Crippen LogP contribution in [0, 0.1) is 6.92 Å². The average Bonchev–Trinajstić information content (AvgIpc) is 3.76. The van der Waals surface area contributed by atoms with Crippen molar-refractivity contribution in [2.45, 2.75) is 50.2 Å². The van der Waals surface area contributed by atoms with Crippen molar-refractivity contribution < 1.29 is 18.6 Å². The van der Waals surface area contributed by atoms with Gasteiger partial charge in [-0.2, -0.15) is 0 Å². The minimum Gasteiger partial charge on any atom is -0.355 e. The van der Waals surface area contributed by atoms with Crippen molar-refractivity contribution in [3.8, 4) is 11.1 Å². The molecule has 1 saturated heterocycles. The molecule has 4 heterocycles. The molecule has 1 fully saturated rings. The monoisotopic (exact) mass is 660 g/mol. The Morgan fingerprint density at radius 3 is 2.48 bits per heavy atom. The Kier molecular flexibility index (Phi) is 9.24. The molecule has 3 amide bonds. The zero-order valence-corrected chi connectivity index (χ0v) is 26.9. The van der Waals surface area contributed by atoms with Crippen LogP contribution in [0.25, 0.3) is 11.1 Å². The Balaban J connectivity index is 1.31. The third-order valence-corrected chi connectivity index (χ3v) is 9.76. The van der Waals surface area contributed by atoms with E-state index >= 15 is 0 Å². The highest BCUT2D eigenvalue weighted by atomic mass is 35.5. The molecule has 0 radical (unpaired) electrons. The van der Waals surface area contributed by atoms with Crippen molar-refractivity contribution in [2.24, 2.45) is 0 Å². The third-order valence-electron chi connectivity index (χ3n) is 8.02. The summed E-state index contributed by atoms with van der Waals surface area (Å²) < 4.78 is 17.6. The number of nitrogens with one attached hydrogen (secondary N) is 2. The van der Waals surface area contributed by atoms with Gasteiger partial charge in [-0.15, -0.1) is 0 Å². The fourth-order valence-electron chi connectivity index (χ4n) is 5.92. The van der Waals surface area contributed by atoms with Gasteiger partial charge in [0, 0.05) is 56.0 Å². The molecule has 12 nitrogen and oxygen atoms in total. The number of carbonyl (C=O) groups excluding carboxylic acids is 3. The molecule has 2 unspecified atom stereocenters. The summed E-state index contributed by atoms with van der Waals surface area (Å²) in [5.74, 6) is -0.323. The van der Waals surface area contributed by atoms with Crippen LogP contribution >= 0.6 is 11.6 Å². The molecule has 2 aliphatic heterocycles. The standard InChI is InChI=1S/C32H33ClN8O4S/c1-20-12-25(33)15-26(13-20)40-31(44)28(14-22-5-7-23(8-6-22)24-16-34-19-35-17-24)41-29(18-38-32(40)41)46(45)39-11-3-4-27(39)30(43)37-10-9-36-21(2)42/h5-8,12-13,15-19,27-28H,3-4,9-11,14H2,1-2H3,(H,36,42)(H,37,43)/t27-,28?,46?/m0/s1. The number of fused-ring (bicyclic) bond motifs is 1.